The molecule has 3 aromatic carbocycles. The van der Waals surface area contributed by atoms with Crippen LogP contribution >= 0.6 is 0 Å². The molecular formula is C28H28N6. The molecule has 34 heavy (non-hydrogen) atoms. The maximum atomic E-state index is 4.92. The zero-order valence-corrected chi connectivity index (χ0v) is 19.6. The van der Waals surface area contributed by atoms with Crippen LogP contribution in [0.25, 0.3) is 45.6 Å². The van der Waals surface area contributed by atoms with E-state index in [4.69, 9.17) is 20.2 Å². The largest absolute Gasteiger partial charge is 0.245 e. The number of nitrogens with zero attached hydrogens (tertiary/aromatic N) is 6. The highest BCUT2D eigenvalue weighted by Crippen LogP contribution is 2.28. The van der Waals surface area contributed by atoms with Crippen molar-refractivity contribution in [2.24, 2.45) is 0 Å². The van der Waals surface area contributed by atoms with Gasteiger partial charge in [-0.3, -0.25) is 0 Å². The number of aromatic nitrogens is 6. The molecule has 6 nitrogen and oxygen atoms in total. The Balaban J connectivity index is 1.57. The van der Waals surface area contributed by atoms with E-state index in [0.717, 1.165) is 71.5 Å². The fraction of sp³-hybridized carbons (Fsp3) is 0.214. The van der Waals surface area contributed by atoms with E-state index in [0.29, 0.717) is 0 Å². The van der Waals surface area contributed by atoms with Gasteiger partial charge in [0, 0.05) is 35.3 Å². The lowest BCUT2D eigenvalue weighted by molar-refractivity contribution is 0.608. The van der Waals surface area contributed by atoms with Gasteiger partial charge in [-0.1, -0.05) is 92.7 Å². The maximum Gasteiger partial charge on any atom is 0.181 e. The first kappa shape index (κ1) is 21.8. The fourth-order valence-electron chi connectivity index (χ4n) is 4.06. The Morgan fingerprint density at radius 2 is 0.941 bits per heavy atom. The summed E-state index contributed by atoms with van der Waals surface area (Å²) in [5.74, 6) is 3.23. The van der Waals surface area contributed by atoms with Crippen LogP contribution in [0.15, 0.2) is 84.9 Å². The minimum absolute atomic E-state index is 0.745. The number of benzene rings is 3. The number of hydrogen-bond donors (Lipinski definition) is 0. The zero-order valence-electron chi connectivity index (χ0n) is 19.6. The van der Waals surface area contributed by atoms with Gasteiger partial charge in [0.05, 0.1) is 0 Å². The van der Waals surface area contributed by atoms with Crippen molar-refractivity contribution in [3.05, 3.63) is 84.9 Å². The van der Waals surface area contributed by atoms with Crippen molar-refractivity contribution >= 4 is 0 Å². The molecule has 0 fully saturated rings. The van der Waals surface area contributed by atoms with Crippen molar-refractivity contribution in [2.45, 2.75) is 39.8 Å². The van der Waals surface area contributed by atoms with Crippen molar-refractivity contribution < 1.29 is 0 Å². The predicted octanol–water partition coefficient (Wildman–Crippen LogP) is 6.36. The third-order valence-electron chi connectivity index (χ3n) is 5.66. The van der Waals surface area contributed by atoms with Gasteiger partial charge >= 0.3 is 0 Å². The highest BCUT2D eigenvalue weighted by atomic mass is 15.4. The average molecular weight is 449 g/mol. The topological polar surface area (TPSA) is 61.4 Å². The number of hydrogen-bond acceptors (Lipinski definition) is 4. The standard InChI is InChI=1S/C28H28N6/c1-3-18-33-27(29-25(31-33)21-12-7-5-8-13-21)23-16-11-17-24(20-23)28-30-26(32-34(28)19-4-2)22-14-9-6-10-15-22/h5-17,20H,3-4,18-19H2,1-2H3. The third-order valence-corrected chi connectivity index (χ3v) is 5.66. The second kappa shape index (κ2) is 9.83. The van der Waals surface area contributed by atoms with Gasteiger partial charge in [-0.25, -0.2) is 19.3 Å². The monoisotopic (exact) mass is 448 g/mol. The SMILES string of the molecule is CCCn1nc(-c2ccccc2)nc1-c1cccc(-c2nc(-c3ccccc3)nn2CCC)c1. The Labute approximate surface area is 200 Å². The first-order valence-corrected chi connectivity index (χ1v) is 11.9. The third kappa shape index (κ3) is 4.39. The molecule has 0 saturated heterocycles. The summed E-state index contributed by atoms with van der Waals surface area (Å²) in [6, 6.07) is 28.6. The van der Waals surface area contributed by atoms with Gasteiger partial charge in [0.25, 0.3) is 0 Å². The Morgan fingerprint density at radius 3 is 1.35 bits per heavy atom. The molecule has 0 bridgehead atoms. The Hall–Kier alpha value is -4.06. The fourth-order valence-corrected chi connectivity index (χ4v) is 4.06. The van der Waals surface area contributed by atoms with Crippen LogP contribution in [0.4, 0.5) is 0 Å². The molecule has 0 spiro atoms. The summed E-state index contributed by atoms with van der Waals surface area (Å²) in [6.45, 7) is 5.93. The maximum absolute atomic E-state index is 4.92. The van der Waals surface area contributed by atoms with E-state index in [1.807, 2.05) is 70.0 Å². The number of aryl methyl sites for hydroxylation is 2. The molecule has 6 heteroatoms. The van der Waals surface area contributed by atoms with Gasteiger partial charge in [-0.15, -0.1) is 0 Å². The minimum atomic E-state index is 0.745. The second-order valence-electron chi connectivity index (χ2n) is 8.28. The van der Waals surface area contributed by atoms with E-state index < -0.39 is 0 Å². The van der Waals surface area contributed by atoms with Crippen LogP contribution in [0.1, 0.15) is 26.7 Å². The van der Waals surface area contributed by atoms with Crippen LogP contribution in [0.2, 0.25) is 0 Å². The van der Waals surface area contributed by atoms with Crippen molar-refractivity contribution in [1.29, 1.82) is 0 Å². The van der Waals surface area contributed by atoms with Gasteiger partial charge < -0.3 is 0 Å². The minimum Gasteiger partial charge on any atom is -0.245 e. The van der Waals surface area contributed by atoms with Gasteiger partial charge in [0.2, 0.25) is 0 Å². The van der Waals surface area contributed by atoms with Crippen molar-refractivity contribution in [2.75, 3.05) is 0 Å². The second-order valence-corrected chi connectivity index (χ2v) is 8.28. The van der Waals surface area contributed by atoms with Crippen LogP contribution < -0.4 is 0 Å². The van der Waals surface area contributed by atoms with E-state index in [9.17, 15) is 0 Å². The Kier molecular flexibility index (Phi) is 6.29. The normalized spacial score (nSPS) is 11.1. The van der Waals surface area contributed by atoms with E-state index >= 15 is 0 Å². The van der Waals surface area contributed by atoms with Gasteiger partial charge in [-0.2, -0.15) is 10.2 Å². The summed E-state index contributed by atoms with van der Waals surface area (Å²) in [4.78, 5) is 9.85. The van der Waals surface area contributed by atoms with Gasteiger partial charge in [-0.05, 0) is 18.9 Å². The summed E-state index contributed by atoms with van der Waals surface area (Å²) in [5, 5.41) is 9.62. The molecule has 2 aromatic heterocycles. The van der Waals surface area contributed by atoms with Crippen molar-refractivity contribution in [1.82, 2.24) is 29.5 Å². The molecule has 0 N–H and O–H groups in total. The van der Waals surface area contributed by atoms with Crippen LogP contribution in [0.3, 0.4) is 0 Å². The summed E-state index contributed by atoms with van der Waals surface area (Å²) in [7, 11) is 0. The van der Waals surface area contributed by atoms with E-state index in [2.05, 4.69) is 38.1 Å². The van der Waals surface area contributed by atoms with Crippen LogP contribution in [-0.4, -0.2) is 29.5 Å². The van der Waals surface area contributed by atoms with Gasteiger partial charge in [0.15, 0.2) is 23.3 Å². The van der Waals surface area contributed by atoms with Crippen LogP contribution in [0.5, 0.6) is 0 Å². The molecule has 2 heterocycles. The van der Waals surface area contributed by atoms with Crippen molar-refractivity contribution in [3.8, 4) is 45.6 Å². The molecule has 0 aliphatic rings. The molecule has 0 unspecified atom stereocenters. The Morgan fingerprint density at radius 1 is 0.529 bits per heavy atom. The van der Waals surface area contributed by atoms with Crippen molar-refractivity contribution in [3.63, 3.8) is 0 Å². The molecule has 0 aliphatic heterocycles. The molecule has 0 amide bonds. The zero-order chi connectivity index (χ0) is 23.3. The summed E-state index contributed by atoms with van der Waals surface area (Å²) >= 11 is 0. The molecule has 0 aliphatic carbocycles. The quantitative estimate of drug-likeness (QED) is 0.277. The predicted molar refractivity (Wildman–Crippen MR) is 136 cm³/mol. The Bertz CT molecular complexity index is 1270. The molecular weight excluding hydrogens is 420 g/mol. The number of rotatable bonds is 8. The van der Waals surface area contributed by atoms with E-state index in [1.165, 1.54) is 0 Å². The lowest BCUT2D eigenvalue weighted by Crippen LogP contribution is -2.03. The lowest BCUT2D eigenvalue weighted by Gasteiger charge is -2.07. The van der Waals surface area contributed by atoms with Crippen LogP contribution in [-0.2, 0) is 13.1 Å². The summed E-state index contributed by atoms with van der Waals surface area (Å²) in [6.07, 6.45) is 1.96. The van der Waals surface area contributed by atoms with Gasteiger partial charge in [0.1, 0.15) is 0 Å². The highest BCUT2D eigenvalue weighted by Gasteiger charge is 2.17. The first-order valence-electron chi connectivity index (χ1n) is 11.9. The first-order chi connectivity index (χ1) is 16.8. The molecule has 0 radical (unpaired) electrons. The highest BCUT2D eigenvalue weighted by molar-refractivity contribution is 5.69. The molecule has 170 valence electrons. The molecule has 0 atom stereocenters. The molecule has 0 saturated carbocycles. The van der Waals surface area contributed by atoms with E-state index in [1.54, 1.807) is 0 Å². The summed E-state index contributed by atoms with van der Waals surface area (Å²) in [5.41, 5.74) is 4.08. The average Bonchev–Trinajstić information content (AvgIpc) is 3.51. The van der Waals surface area contributed by atoms with Crippen LogP contribution in [0, 0.1) is 0 Å². The molecule has 5 rings (SSSR count). The van der Waals surface area contributed by atoms with E-state index in [-0.39, 0.29) is 0 Å². The molecule has 5 aromatic rings. The lowest BCUT2D eigenvalue weighted by atomic mass is 10.1. The smallest absolute Gasteiger partial charge is 0.181 e. The summed E-state index contributed by atoms with van der Waals surface area (Å²) < 4.78 is 4.02.